The summed E-state index contributed by atoms with van der Waals surface area (Å²) in [6.07, 6.45) is -1.81. The number of phenols is 1. The lowest BCUT2D eigenvalue weighted by Crippen LogP contribution is -2.12. The second-order valence-corrected chi connectivity index (χ2v) is 5.34. The third kappa shape index (κ3) is 4.05. The minimum absolute atomic E-state index is 0.0119. The lowest BCUT2D eigenvalue weighted by Gasteiger charge is -2.12. The third-order valence-corrected chi connectivity index (χ3v) is 3.42. The highest BCUT2D eigenvalue weighted by Crippen LogP contribution is 2.30. The first-order valence-corrected chi connectivity index (χ1v) is 7.41. The van der Waals surface area contributed by atoms with Crippen LogP contribution in [-0.4, -0.2) is 20.1 Å². The Morgan fingerprint density at radius 2 is 1.88 bits per heavy atom. The van der Waals surface area contributed by atoms with E-state index in [1.165, 1.54) is 18.5 Å². The van der Waals surface area contributed by atoms with Crippen molar-refractivity contribution >= 4 is 5.82 Å². The molecule has 134 valence electrons. The number of nitrogens with one attached hydrogen (secondary N) is 1. The highest BCUT2D eigenvalue weighted by atomic mass is 19.4. The molecule has 3 rings (SSSR count). The summed E-state index contributed by atoms with van der Waals surface area (Å²) in [4.78, 5) is 11.5. The topological polar surface area (TPSA) is 70.9 Å². The number of anilines is 1. The van der Waals surface area contributed by atoms with Gasteiger partial charge in [0.05, 0.1) is 0 Å². The Morgan fingerprint density at radius 3 is 2.54 bits per heavy atom. The van der Waals surface area contributed by atoms with Gasteiger partial charge in [-0.05, 0) is 29.8 Å². The number of hydrogen-bond acceptors (Lipinski definition) is 5. The third-order valence-electron chi connectivity index (χ3n) is 3.42. The minimum Gasteiger partial charge on any atom is -0.505 e. The number of aromatic hydroxyl groups is 1. The average molecular weight is 364 g/mol. The Hall–Kier alpha value is -3.23. The van der Waals surface area contributed by atoms with Crippen LogP contribution in [-0.2, 0) is 12.7 Å². The zero-order valence-electron chi connectivity index (χ0n) is 13.1. The second-order valence-electron chi connectivity index (χ2n) is 5.34. The van der Waals surface area contributed by atoms with Gasteiger partial charge in [0, 0.05) is 30.6 Å². The fraction of sp³-hybridized carbons (Fsp3) is 0.118. The van der Waals surface area contributed by atoms with Gasteiger partial charge in [-0.3, -0.25) is 4.98 Å². The largest absolute Gasteiger partial charge is 0.505 e. The summed E-state index contributed by atoms with van der Waals surface area (Å²) < 4.78 is 52.7. The van der Waals surface area contributed by atoms with E-state index in [1.807, 2.05) is 0 Å². The first-order valence-electron chi connectivity index (χ1n) is 7.41. The molecule has 0 atom stereocenters. The fourth-order valence-electron chi connectivity index (χ4n) is 2.16. The number of nitrogens with zero attached hydrogens (tertiary/aromatic N) is 3. The van der Waals surface area contributed by atoms with Crippen LogP contribution in [0.25, 0.3) is 11.4 Å². The van der Waals surface area contributed by atoms with Crippen LogP contribution >= 0.6 is 0 Å². The summed E-state index contributed by atoms with van der Waals surface area (Å²) in [5.74, 6) is -1.53. The van der Waals surface area contributed by atoms with E-state index in [4.69, 9.17) is 0 Å². The molecule has 0 fully saturated rings. The molecule has 9 heteroatoms. The molecule has 0 radical (unpaired) electrons. The number of hydrogen-bond donors (Lipinski definition) is 2. The Kier molecular flexibility index (Phi) is 4.70. The average Bonchev–Trinajstić information content (AvgIpc) is 2.62. The molecule has 0 bridgehead atoms. The van der Waals surface area contributed by atoms with Gasteiger partial charge in [-0.15, -0.1) is 0 Å². The molecular formula is C17H12F4N4O. The molecule has 3 aromatic rings. The van der Waals surface area contributed by atoms with E-state index < -0.39 is 23.4 Å². The summed E-state index contributed by atoms with van der Waals surface area (Å²) in [5.41, 5.74) is -0.349. The van der Waals surface area contributed by atoms with Gasteiger partial charge in [0.2, 0.25) is 0 Å². The standard InChI is InChI=1S/C17H12F4N4O/c18-12-6-10(3-4-13(12)26)8-23-15-7-14(17(19,20)21)24-16(25-15)11-2-1-5-22-9-11/h1-7,9,26H,8H2,(H,23,24,25). The molecule has 0 aliphatic heterocycles. The maximum Gasteiger partial charge on any atom is 0.433 e. The number of benzene rings is 1. The van der Waals surface area contributed by atoms with E-state index in [1.54, 1.807) is 12.1 Å². The normalized spacial score (nSPS) is 11.4. The van der Waals surface area contributed by atoms with E-state index in [2.05, 4.69) is 20.3 Å². The Labute approximate surface area is 145 Å². The summed E-state index contributed by atoms with van der Waals surface area (Å²) in [7, 11) is 0. The summed E-state index contributed by atoms with van der Waals surface area (Å²) in [6, 6.07) is 7.56. The van der Waals surface area contributed by atoms with Crippen molar-refractivity contribution in [2.45, 2.75) is 12.7 Å². The number of aromatic nitrogens is 3. The van der Waals surface area contributed by atoms with Gasteiger partial charge in [-0.2, -0.15) is 13.2 Å². The molecular weight excluding hydrogens is 352 g/mol. The molecule has 0 aliphatic carbocycles. The van der Waals surface area contributed by atoms with E-state index in [0.717, 1.165) is 18.2 Å². The van der Waals surface area contributed by atoms with Gasteiger partial charge in [0.15, 0.2) is 23.1 Å². The maximum atomic E-state index is 13.4. The van der Waals surface area contributed by atoms with Gasteiger partial charge < -0.3 is 10.4 Å². The van der Waals surface area contributed by atoms with Gasteiger partial charge >= 0.3 is 6.18 Å². The molecule has 5 nitrogen and oxygen atoms in total. The SMILES string of the molecule is Oc1ccc(CNc2cc(C(F)(F)F)nc(-c3cccnc3)n2)cc1F. The Morgan fingerprint density at radius 1 is 1.08 bits per heavy atom. The zero-order valence-corrected chi connectivity index (χ0v) is 13.1. The summed E-state index contributed by atoms with van der Waals surface area (Å²) in [5, 5.41) is 11.9. The Balaban J connectivity index is 1.91. The molecule has 2 N–H and O–H groups in total. The van der Waals surface area contributed by atoms with Gasteiger partial charge in [0.25, 0.3) is 0 Å². The van der Waals surface area contributed by atoms with Crippen molar-refractivity contribution in [2.75, 3.05) is 5.32 Å². The van der Waals surface area contributed by atoms with Crippen LogP contribution in [0.3, 0.4) is 0 Å². The first kappa shape index (κ1) is 17.6. The number of phenolic OH excluding ortho intramolecular Hbond substituents is 1. The molecule has 0 aliphatic rings. The summed E-state index contributed by atoms with van der Waals surface area (Å²) >= 11 is 0. The highest BCUT2D eigenvalue weighted by Gasteiger charge is 2.33. The zero-order chi connectivity index (χ0) is 18.7. The Bertz CT molecular complexity index is 916. The minimum atomic E-state index is -4.65. The van der Waals surface area contributed by atoms with Crippen molar-refractivity contribution in [3.8, 4) is 17.1 Å². The lowest BCUT2D eigenvalue weighted by atomic mass is 10.2. The van der Waals surface area contributed by atoms with Crippen LogP contribution in [0.2, 0.25) is 0 Å². The van der Waals surface area contributed by atoms with E-state index >= 15 is 0 Å². The van der Waals surface area contributed by atoms with Gasteiger partial charge in [0.1, 0.15) is 5.82 Å². The quantitative estimate of drug-likeness (QED) is 0.685. The maximum absolute atomic E-state index is 13.4. The van der Waals surface area contributed by atoms with E-state index in [-0.39, 0.29) is 18.2 Å². The monoisotopic (exact) mass is 364 g/mol. The first-order chi connectivity index (χ1) is 12.3. The molecule has 2 aromatic heterocycles. The molecule has 1 aromatic carbocycles. The number of rotatable bonds is 4. The predicted molar refractivity (Wildman–Crippen MR) is 85.7 cm³/mol. The number of pyridine rings is 1. The predicted octanol–water partition coefficient (Wildman–Crippen LogP) is 4.01. The molecule has 0 saturated heterocycles. The van der Waals surface area contributed by atoms with Crippen LogP contribution in [0.1, 0.15) is 11.3 Å². The summed E-state index contributed by atoms with van der Waals surface area (Å²) in [6.45, 7) is 0.0119. The fourth-order valence-corrected chi connectivity index (χ4v) is 2.16. The van der Waals surface area contributed by atoms with Gasteiger partial charge in [-0.25, -0.2) is 14.4 Å². The van der Waals surface area contributed by atoms with Crippen molar-refractivity contribution in [1.82, 2.24) is 15.0 Å². The van der Waals surface area contributed by atoms with Crippen molar-refractivity contribution in [3.05, 3.63) is 65.9 Å². The van der Waals surface area contributed by atoms with Crippen LogP contribution in [0.4, 0.5) is 23.4 Å². The van der Waals surface area contributed by atoms with E-state index in [9.17, 15) is 22.7 Å². The number of halogens is 4. The number of alkyl halides is 3. The molecule has 0 saturated carbocycles. The van der Waals surface area contributed by atoms with E-state index in [0.29, 0.717) is 11.1 Å². The molecule has 0 amide bonds. The smallest absolute Gasteiger partial charge is 0.433 e. The van der Waals surface area contributed by atoms with Crippen molar-refractivity contribution in [1.29, 1.82) is 0 Å². The van der Waals surface area contributed by atoms with Crippen molar-refractivity contribution in [3.63, 3.8) is 0 Å². The molecule has 2 heterocycles. The van der Waals surface area contributed by atoms with Crippen molar-refractivity contribution in [2.24, 2.45) is 0 Å². The van der Waals surface area contributed by atoms with Crippen LogP contribution in [0.15, 0.2) is 48.8 Å². The van der Waals surface area contributed by atoms with Crippen LogP contribution < -0.4 is 5.32 Å². The van der Waals surface area contributed by atoms with Crippen molar-refractivity contribution < 1.29 is 22.7 Å². The molecule has 26 heavy (non-hydrogen) atoms. The van der Waals surface area contributed by atoms with Crippen LogP contribution in [0.5, 0.6) is 5.75 Å². The molecule has 0 spiro atoms. The highest BCUT2D eigenvalue weighted by molar-refractivity contribution is 5.56. The lowest BCUT2D eigenvalue weighted by molar-refractivity contribution is -0.141. The molecule has 0 unspecified atom stereocenters. The van der Waals surface area contributed by atoms with Crippen LogP contribution in [0, 0.1) is 5.82 Å². The second kappa shape index (κ2) is 6.95. The van der Waals surface area contributed by atoms with Gasteiger partial charge in [-0.1, -0.05) is 6.07 Å².